The molecule has 1 aromatic rings. The van der Waals surface area contributed by atoms with Crippen LogP contribution in [0.15, 0.2) is 6.07 Å². The molecule has 2 saturated heterocycles. The Kier molecular flexibility index (Phi) is 5.53. The van der Waals surface area contributed by atoms with Crippen LogP contribution in [0.5, 0.6) is 0 Å². The molecule has 2 fully saturated rings. The van der Waals surface area contributed by atoms with Gasteiger partial charge in [-0.25, -0.2) is 0 Å². The lowest BCUT2D eigenvalue weighted by Crippen LogP contribution is -2.48. The summed E-state index contributed by atoms with van der Waals surface area (Å²) in [5, 5.41) is 0. The van der Waals surface area contributed by atoms with Crippen molar-refractivity contribution in [1.82, 2.24) is 9.80 Å². The number of rotatable bonds is 3. The van der Waals surface area contributed by atoms with Crippen molar-refractivity contribution in [1.29, 1.82) is 0 Å². The summed E-state index contributed by atoms with van der Waals surface area (Å²) in [5.41, 5.74) is 0.936. The fourth-order valence-corrected chi connectivity index (χ4v) is 5.86. The van der Waals surface area contributed by atoms with Crippen LogP contribution >= 0.6 is 11.3 Å². The van der Waals surface area contributed by atoms with E-state index < -0.39 is 0 Å². The van der Waals surface area contributed by atoms with Crippen LogP contribution < -0.4 is 0 Å². The zero-order chi connectivity index (χ0) is 18.9. The lowest BCUT2D eigenvalue weighted by atomic mass is 9.85. The van der Waals surface area contributed by atoms with Crippen molar-refractivity contribution in [2.75, 3.05) is 46.5 Å². The molecule has 7 heteroatoms. The normalized spacial score (nSPS) is 22.0. The van der Waals surface area contributed by atoms with Gasteiger partial charge in [0.2, 0.25) is 5.91 Å². The van der Waals surface area contributed by atoms with Crippen LogP contribution in [0.1, 0.15) is 52.2 Å². The minimum absolute atomic E-state index is 0.0375. The van der Waals surface area contributed by atoms with E-state index in [0.29, 0.717) is 19.7 Å². The molecule has 4 rings (SSSR count). The first-order valence-corrected chi connectivity index (χ1v) is 10.8. The van der Waals surface area contributed by atoms with Gasteiger partial charge < -0.3 is 19.3 Å². The van der Waals surface area contributed by atoms with Gasteiger partial charge in [0.1, 0.15) is 12.2 Å². The summed E-state index contributed by atoms with van der Waals surface area (Å²) >= 11 is 1.62. The first kappa shape index (κ1) is 18.9. The van der Waals surface area contributed by atoms with Crippen molar-refractivity contribution in [3.63, 3.8) is 0 Å². The van der Waals surface area contributed by atoms with Crippen LogP contribution in [0.3, 0.4) is 0 Å². The highest BCUT2D eigenvalue weighted by Crippen LogP contribution is 2.45. The van der Waals surface area contributed by atoms with Crippen LogP contribution in [0, 0.1) is 0 Å². The Labute approximate surface area is 164 Å². The molecule has 27 heavy (non-hydrogen) atoms. The quantitative estimate of drug-likeness (QED) is 0.793. The van der Waals surface area contributed by atoms with Crippen molar-refractivity contribution < 1.29 is 19.1 Å². The number of amides is 2. The fourth-order valence-electron chi connectivity index (χ4n) is 4.48. The molecule has 0 unspecified atom stereocenters. The molecule has 0 radical (unpaired) electrons. The van der Waals surface area contributed by atoms with E-state index in [9.17, 15) is 9.59 Å². The van der Waals surface area contributed by atoms with E-state index in [-0.39, 0.29) is 24.0 Å². The summed E-state index contributed by atoms with van der Waals surface area (Å²) in [4.78, 5) is 31.0. The number of hydrogen-bond acceptors (Lipinski definition) is 5. The van der Waals surface area contributed by atoms with E-state index in [2.05, 4.69) is 6.07 Å². The Bertz CT molecular complexity index is 703. The zero-order valence-electron chi connectivity index (χ0n) is 16.0. The van der Waals surface area contributed by atoms with E-state index >= 15 is 0 Å². The summed E-state index contributed by atoms with van der Waals surface area (Å²) in [6.07, 6.45) is 5.87. The number of hydrogen-bond donors (Lipinski definition) is 0. The maximum absolute atomic E-state index is 12.9. The van der Waals surface area contributed by atoms with Crippen LogP contribution in [0.25, 0.3) is 0 Å². The van der Waals surface area contributed by atoms with Crippen LogP contribution in [-0.2, 0) is 26.3 Å². The van der Waals surface area contributed by atoms with Gasteiger partial charge in [-0.05, 0) is 50.2 Å². The van der Waals surface area contributed by atoms with Gasteiger partial charge >= 0.3 is 0 Å². The summed E-state index contributed by atoms with van der Waals surface area (Å²) in [6.45, 7) is 3.92. The summed E-state index contributed by atoms with van der Waals surface area (Å²) < 4.78 is 11.3. The van der Waals surface area contributed by atoms with E-state index in [0.717, 1.165) is 50.1 Å². The second kappa shape index (κ2) is 7.89. The van der Waals surface area contributed by atoms with Crippen molar-refractivity contribution in [3.05, 3.63) is 21.4 Å². The molecule has 148 valence electrons. The highest BCUT2D eigenvalue weighted by Gasteiger charge is 2.43. The van der Waals surface area contributed by atoms with Crippen LogP contribution in [0.4, 0.5) is 0 Å². The molecule has 6 nitrogen and oxygen atoms in total. The molecule has 0 atom stereocenters. The van der Waals surface area contributed by atoms with E-state index in [1.165, 1.54) is 16.9 Å². The Morgan fingerprint density at radius 1 is 1.15 bits per heavy atom. The highest BCUT2D eigenvalue weighted by molar-refractivity contribution is 7.14. The molecule has 1 aromatic heterocycles. The predicted octanol–water partition coefficient (Wildman–Crippen LogP) is 2.41. The smallest absolute Gasteiger partial charge is 0.263 e. The van der Waals surface area contributed by atoms with E-state index in [1.807, 2.05) is 9.80 Å². The topological polar surface area (TPSA) is 59.1 Å². The van der Waals surface area contributed by atoms with Gasteiger partial charge in [-0.1, -0.05) is 0 Å². The van der Waals surface area contributed by atoms with E-state index in [1.54, 1.807) is 18.4 Å². The lowest BCUT2D eigenvalue weighted by Gasteiger charge is -2.43. The van der Waals surface area contributed by atoms with Crippen molar-refractivity contribution >= 4 is 23.2 Å². The number of fused-ring (bicyclic) bond motifs is 2. The molecule has 0 aromatic carbocycles. The monoisotopic (exact) mass is 392 g/mol. The van der Waals surface area contributed by atoms with Crippen LogP contribution in [0.2, 0.25) is 0 Å². The molecule has 1 spiro atoms. The van der Waals surface area contributed by atoms with Gasteiger partial charge in [0.15, 0.2) is 0 Å². The lowest BCUT2D eigenvalue weighted by molar-refractivity contribution is -0.143. The Hall–Kier alpha value is -1.44. The molecule has 2 amide bonds. The molecule has 0 bridgehead atoms. The molecule has 3 aliphatic rings. The number of nitrogens with zero attached hydrogens (tertiary/aromatic N) is 2. The number of likely N-dealkylation sites (tertiary alicyclic amines) is 2. The molecular formula is C20H28N2O4S. The molecule has 4 heterocycles. The maximum Gasteiger partial charge on any atom is 0.263 e. The fraction of sp³-hybridized carbons (Fsp3) is 0.700. The van der Waals surface area contributed by atoms with Crippen molar-refractivity contribution in [2.45, 2.75) is 44.1 Å². The Morgan fingerprint density at radius 2 is 1.89 bits per heavy atom. The Balaban J connectivity index is 1.51. The third-order valence-electron chi connectivity index (χ3n) is 6.02. The first-order chi connectivity index (χ1) is 13.1. The predicted molar refractivity (Wildman–Crippen MR) is 103 cm³/mol. The Morgan fingerprint density at radius 3 is 2.59 bits per heavy atom. The molecular weight excluding hydrogens is 364 g/mol. The summed E-state index contributed by atoms with van der Waals surface area (Å²) in [5.74, 6) is 0.215. The highest BCUT2D eigenvalue weighted by atomic mass is 32.1. The standard InChI is InChI=1S/C20H28N2O4S/c1-25-14-17(23)21-10-6-20(7-11-21)18-15(5-12-26-20)13-16(27-18)19(24)22-8-3-2-4-9-22/h13H,2-12,14H2,1H3. The number of thiophene rings is 1. The number of ether oxygens (including phenoxy) is 2. The van der Waals surface area contributed by atoms with Gasteiger partial charge in [0, 0.05) is 38.2 Å². The summed E-state index contributed by atoms with van der Waals surface area (Å²) in [6, 6.07) is 2.10. The minimum Gasteiger partial charge on any atom is -0.375 e. The van der Waals surface area contributed by atoms with Crippen LogP contribution in [-0.4, -0.2) is 68.1 Å². The average Bonchev–Trinajstić information content (AvgIpc) is 3.15. The molecule has 0 saturated carbocycles. The SMILES string of the molecule is COCC(=O)N1CCC2(CC1)OCCc1cc(C(=O)N3CCCCC3)sc12. The largest absolute Gasteiger partial charge is 0.375 e. The second-order valence-corrected chi connectivity index (χ2v) is 8.78. The van der Waals surface area contributed by atoms with E-state index in [4.69, 9.17) is 9.47 Å². The number of carbonyl (C=O) groups is 2. The molecule has 0 N–H and O–H groups in total. The third-order valence-corrected chi connectivity index (χ3v) is 7.37. The van der Waals surface area contributed by atoms with Gasteiger partial charge in [-0.2, -0.15) is 0 Å². The van der Waals surface area contributed by atoms with Gasteiger partial charge in [0.25, 0.3) is 5.91 Å². The number of carbonyl (C=O) groups excluding carboxylic acids is 2. The van der Waals surface area contributed by atoms with Gasteiger partial charge in [0.05, 0.1) is 11.5 Å². The molecule has 0 aliphatic carbocycles. The first-order valence-electron chi connectivity index (χ1n) is 9.96. The zero-order valence-corrected chi connectivity index (χ0v) is 16.8. The molecule has 3 aliphatic heterocycles. The van der Waals surface area contributed by atoms with Gasteiger partial charge in [-0.3, -0.25) is 9.59 Å². The van der Waals surface area contributed by atoms with Crippen molar-refractivity contribution in [3.8, 4) is 0 Å². The number of methoxy groups -OCH3 is 1. The minimum atomic E-state index is -0.331. The second-order valence-electron chi connectivity index (χ2n) is 7.72. The van der Waals surface area contributed by atoms with Crippen molar-refractivity contribution in [2.24, 2.45) is 0 Å². The maximum atomic E-state index is 12.9. The third kappa shape index (κ3) is 3.65. The average molecular weight is 393 g/mol. The number of piperidine rings is 2. The van der Waals surface area contributed by atoms with Gasteiger partial charge in [-0.15, -0.1) is 11.3 Å². The summed E-state index contributed by atoms with van der Waals surface area (Å²) in [7, 11) is 1.55.